The second-order valence-corrected chi connectivity index (χ2v) is 4.40. The molecule has 100 valence electrons. The molecule has 0 saturated carbocycles. The molecule has 1 rings (SSSR count). The maximum absolute atomic E-state index is 11.3. The highest BCUT2D eigenvalue weighted by molar-refractivity contribution is 5.75. The lowest BCUT2D eigenvalue weighted by Crippen LogP contribution is -2.40. The Bertz CT molecular complexity index is 373. The fourth-order valence-corrected chi connectivity index (χ4v) is 1.54. The van der Waals surface area contributed by atoms with Gasteiger partial charge in [0.2, 0.25) is 0 Å². The summed E-state index contributed by atoms with van der Waals surface area (Å²) >= 11 is 0. The Kier molecular flexibility index (Phi) is 5.65. The van der Waals surface area contributed by atoms with Gasteiger partial charge in [0.05, 0.1) is 7.11 Å². The van der Waals surface area contributed by atoms with Crippen molar-refractivity contribution in [1.82, 2.24) is 5.32 Å². The molecule has 1 N–H and O–H groups in total. The molecule has 0 aliphatic carbocycles. The van der Waals surface area contributed by atoms with Gasteiger partial charge in [-0.15, -0.1) is 0 Å². The molecule has 1 aromatic carbocycles. The van der Waals surface area contributed by atoms with Crippen molar-refractivity contribution in [2.24, 2.45) is 0 Å². The number of rotatable bonds is 6. The van der Waals surface area contributed by atoms with E-state index in [0.717, 1.165) is 5.75 Å². The Morgan fingerprint density at radius 3 is 2.33 bits per heavy atom. The van der Waals surface area contributed by atoms with Gasteiger partial charge in [0, 0.05) is 0 Å². The number of carbonyl (C=O) groups is 1. The van der Waals surface area contributed by atoms with Crippen LogP contribution in [0.25, 0.3) is 0 Å². The lowest BCUT2D eigenvalue weighted by atomic mass is 10.0. The first-order valence-corrected chi connectivity index (χ1v) is 6.06. The molecule has 1 aromatic rings. The van der Waals surface area contributed by atoms with Gasteiger partial charge in [-0.05, 0) is 30.7 Å². The molecule has 0 aliphatic rings. The molecule has 1 atom stereocenters. The average Bonchev–Trinajstić information content (AvgIpc) is 2.39. The lowest BCUT2D eigenvalue weighted by Gasteiger charge is -2.15. The van der Waals surface area contributed by atoms with Gasteiger partial charge in [0.15, 0.2) is 0 Å². The standard InChI is InChI=1S/C14H21NO3/c1-10(2)11-5-7-12(8-6-11)18-9-13(15-3)14(16)17-4/h5-8,10,13,15H,9H2,1-4H3. The third-order valence-corrected chi connectivity index (χ3v) is 2.80. The normalized spacial score (nSPS) is 12.3. The van der Waals surface area contributed by atoms with Gasteiger partial charge in [-0.2, -0.15) is 0 Å². The van der Waals surface area contributed by atoms with Crippen molar-refractivity contribution in [2.45, 2.75) is 25.8 Å². The van der Waals surface area contributed by atoms with Crippen LogP contribution >= 0.6 is 0 Å². The highest BCUT2D eigenvalue weighted by Gasteiger charge is 2.17. The number of ether oxygens (including phenoxy) is 2. The van der Waals surface area contributed by atoms with E-state index >= 15 is 0 Å². The molecule has 4 nitrogen and oxygen atoms in total. The summed E-state index contributed by atoms with van der Waals surface area (Å²) in [5.41, 5.74) is 1.26. The van der Waals surface area contributed by atoms with E-state index in [1.807, 2.05) is 24.3 Å². The molecule has 0 bridgehead atoms. The zero-order valence-electron chi connectivity index (χ0n) is 11.4. The summed E-state index contributed by atoms with van der Waals surface area (Å²) in [7, 11) is 3.07. The highest BCUT2D eigenvalue weighted by Crippen LogP contribution is 2.18. The van der Waals surface area contributed by atoms with Crippen LogP contribution < -0.4 is 10.1 Å². The highest BCUT2D eigenvalue weighted by atomic mass is 16.5. The van der Waals surface area contributed by atoms with E-state index in [-0.39, 0.29) is 12.6 Å². The van der Waals surface area contributed by atoms with E-state index in [1.165, 1.54) is 12.7 Å². The summed E-state index contributed by atoms with van der Waals surface area (Å²) in [4.78, 5) is 11.3. The number of esters is 1. The summed E-state index contributed by atoms with van der Waals surface area (Å²) in [5.74, 6) is 0.930. The molecule has 0 aliphatic heterocycles. The minimum Gasteiger partial charge on any atom is -0.491 e. The van der Waals surface area contributed by atoms with Crippen LogP contribution in [0.1, 0.15) is 25.3 Å². The van der Waals surface area contributed by atoms with Gasteiger partial charge in [0.25, 0.3) is 0 Å². The fraction of sp³-hybridized carbons (Fsp3) is 0.500. The molecule has 0 spiro atoms. The Balaban J connectivity index is 2.54. The topological polar surface area (TPSA) is 47.6 Å². The first-order valence-electron chi connectivity index (χ1n) is 6.06. The molecule has 18 heavy (non-hydrogen) atoms. The van der Waals surface area contributed by atoms with Crippen molar-refractivity contribution < 1.29 is 14.3 Å². The maximum Gasteiger partial charge on any atom is 0.326 e. The first kappa shape index (κ1) is 14.5. The van der Waals surface area contributed by atoms with Crippen molar-refractivity contribution in [3.8, 4) is 5.75 Å². The zero-order chi connectivity index (χ0) is 13.5. The summed E-state index contributed by atoms with van der Waals surface area (Å²) < 4.78 is 10.2. The van der Waals surface area contributed by atoms with Crippen LogP contribution in [0.3, 0.4) is 0 Å². The van der Waals surface area contributed by atoms with E-state index in [1.54, 1.807) is 7.05 Å². The molecule has 0 fully saturated rings. The van der Waals surface area contributed by atoms with Crippen LogP contribution in [0.15, 0.2) is 24.3 Å². The predicted molar refractivity (Wildman–Crippen MR) is 70.9 cm³/mol. The quantitative estimate of drug-likeness (QED) is 0.785. The fourth-order valence-electron chi connectivity index (χ4n) is 1.54. The van der Waals surface area contributed by atoms with Crippen molar-refractivity contribution >= 4 is 5.97 Å². The van der Waals surface area contributed by atoms with Crippen LogP contribution in [-0.2, 0) is 9.53 Å². The van der Waals surface area contributed by atoms with Gasteiger partial charge in [-0.1, -0.05) is 26.0 Å². The van der Waals surface area contributed by atoms with Crippen LogP contribution in [0.2, 0.25) is 0 Å². The number of benzene rings is 1. The molecule has 0 saturated heterocycles. The summed E-state index contributed by atoms with van der Waals surface area (Å²) in [6, 6.07) is 7.46. The van der Waals surface area contributed by atoms with Crippen LogP contribution in [0, 0.1) is 0 Å². The Morgan fingerprint density at radius 2 is 1.89 bits per heavy atom. The van der Waals surface area contributed by atoms with Crippen molar-refractivity contribution in [1.29, 1.82) is 0 Å². The third-order valence-electron chi connectivity index (χ3n) is 2.80. The summed E-state index contributed by atoms with van der Waals surface area (Å²) in [6.45, 7) is 4.54. The van der Waals surface area contributed by atoms with E-state index in [9.17, 15) is 4.79 Å². The zero-order valence-corrected chi connectivity index (χ0v) is 11.4. The van der Waals surface area contributed by atoms with Crippen molar-refractivity contribution in [2.75, 3.05) is 20.8 Å². The summed E-state index contributed by atoms with van der Waals surface area (Å²) in [6.07, 6.45) is 0. The first-order chi connectivity index (χ1) is 8.58. The molecule has 0 heterocycles. The molecule has 0 aromatic heterocycles. The maximum atomic E-state index is 11.3. The smallest absolute Gasteiger partial charge is 0.326 e. The second kappa shape index (κ2) is 7.01. The van der Waals surface area contributed by atoms with Gasteiger partial charge < -0.3 is 14.8 Å². The number of likely N-dealkylation sites (N-methyl/N-ethyl adjacent to an activating group) is 1. The third kappa shape index (κ3) is 4.04. The Labute approximate surface area is 108 Å². The van der Waals surface area contributed by atoms with Crippen LogP contribution in [-0.4, -0.2) is 32.8 Å². The minimum atomic E-state index is -0.445. The van der Waals surface area contributed by atoms with Gasteiger partial charge in [-0.25, -0.2) is 0 Å². The number of nitrogens with one attached hydrogen (secondary N) is 1. The monoisotopic (exact) mass is 251 g/mol. The van der Waals surface area contributed by atoms with E-state index in [4.69, 9.17) is 4.74 Å². The number of hydrogen-bond donors (Lipinski definition) is 1. The molecular weight excluding hydrogens is 230 g/mol. The van der Waals surface area contributed by atoms with Gasteiger partial charge in [0.1, 0.15) is 18.4 Å². The van der Waals surface area contributed by atoms with Crippen LogP contribution in [0.4, 0.5) is 0 Å². The summed E-state index contributed by atoms with van der Waals surface area (Å²) in [5, 5.41) is 2.85. The Morgan fingerprint density at radius 1 is 1.28 bits per heavy atom. The van der Waals surface area contributed by atoms with E-state index < -0.39 is 6.04 Å². The van der Waals surface area contributed by atoms with Gasteiger partial charge in [-0.3, -0.25) is 4.79 Å². The molecule has 0 radical (unpaired) electrons. The average molecular weight is 251 g/mol. The van der Waals surface area contributed by atoms with E-state index in [2.05, 4.69) is 23.9 Å². The number of hydrogen-bond acceptors (Lipinski definition) is 4. The van der Waals surface area contributed by atoms with E-state index in [0.29, 0.717) is 5.92 Å². The van der Waals surface area contributed by atoms with Crippen LogP contribution in [0.5, 0.6) is 5.75 Å². The number of carbonyl (C=O) groups excluding carboxylic acids is 1. The largest absolute Gasteiger partial charge is 0.491 e. The van der Waals surface area contributed by atoms with Crippen molar-refractivity contribution in [3.63, 3.8) is 0 Å². The Hall–Kier alpha value is -1.55. The number of methoxy groups -OCH3 is 1. The molecular formula is C14H21NO3. The molecule has 1 unspecified atom stereocenters. The second-order valence-electron chi connectivity index (χ2n) is 4.40. The lowest BCUT2D eigenvalue weighted by molar-refractivity contribution is -0.143. The van der Waals surface area contributed by atoms with Crippen molar-refractivity contribution in [3.05, 3.63) is 29.8 Å². The molecule has 0 amide bonds. The van der Waals surface area contributed by atoms with Gasteiger partial charge >= 0.3 is 5.97 Å². The molecule has 4 heteroatoms. The SMILES string of the molecule is CNC(COc1ccc(C(C)C)cc1)C(=O)OC. The minimum absolute atomic E-state index is 0.254. The predicted octanol–water partition coefficient (Wildman–Crippen LogP) is 1.95.